The molecule has 0 aliphatic heterocycles. The van der Waals surface area contributed by atoms with Crippen molar-refractivity contribution in [2.45, 2.75) is 19.6 Å². The van der Waals surface area contributed by atoms with Crippen LogP contribution in [0.15, 0.2) is 113 Å². The van der Waals surface area contributed by atoms with E-state index in [0.29, 0.717) is 24.3 Å². The first-order valence-corrected chi connectivity index (χ1v) is 21.7. The number of halogens is 2. The van der Waals surface area contributed by atoms with Gasteiger partial charge in [0.1, 0.15) is 63.2 Å². The maximum absolute atomic E-state index is 12.3. The molecule has 0 atom stereocenters. The second kappa shape index (κ2) is 17.6. The van der Waals surface area contributed by atoms with Crippen LogP contribution in [0.1, 0.15) is 0 Å². The molecule has 0 spiro atoms. The van der Waals surface area contributed by atoms with Crippen LogP contribution in [0.5, 0.6) is 23.0 Å². The zero-order chi connectivity index (χ0) is 43.6. The molecule has 2 radical (unpaired) electrons. The van der Waals surface area contributed by atoms with Crippen molar-refractivity contribution in [1.29, 1.82) is 0 Å². The Labute approximate surface area is 374 Å². The molecule has 6 rings (SSSR count). The summed E-state index contributed by atoms with van der Waals surface area (Å²) in [5.74, 6) is -3.57. The first-order chi connectivity index (χ1) is 27.2. The Bertz CT molecular complexity index is 3120. The van der Waals surface area contributed by atoms with Crippen molar-refractivity contribution in [2.75, 3.05) is 5.32 Å². The maximum atomic E-state index is 12.3. The van der Waals surface area contributed by atoms with Crippen LogP contribution in [-0.4, -0.2) is 72.3 Å². The second-order valence-corrected chi connectivity index (χ2v) is 18.2. The van der Waals surface area contributed by atoms with E-state index < -0.39 is 116 Å². The average molecular weight is 1050 g/mol. The number of rotatable bonds is 10. The molecule has 0 aliphatic rings. The van der Waals surface area contributed by atoms with Crippen molar-refractivity contribution >= 4 is 119 Å². The fourth-order valence-electron chi connectivity index (χ4n) is 5.37. The molecule has 29 heteroatoms. The summed E-state index contributed by atoms with van der Waals surface area (Å²) in [5, 5.41) is 57.7. The molecule has 0 saturated carbocycles. The van der Waals surface area contributed by atoms with Gasteiger partial charge in [-0.15, -0.1) is 20.5 Å². The molecular formula is C32H17Cl2Cu2N5O16S4. The Balaban J connectivity index is 0.00000410. The van der Waals surface area contributed by atoms with Crippen molar-refractivity contribution in [1.82, 2.24) is 0 Å². The zero-order valence-electron chi connectivity index (χ0n) is 28.9. The molecule has 6 aromatic carbocycles. The minimum Gasteiger partial charge on any atom is -0.744 e. The van der Waals surface area contributed by atoms with Gasteiger partial charge in [-0.1, -0.05) is 23.2 Å². The molecular weight excluding hydrogens is 1040 g/mol. The summed E-state index contributed by atoms with van der Waals surface area (Å²) in [5.41, 5.74) is -3.03. The van der Waals surface area contributed by atoms with Crippen molar-refractivity contribution in [2.24, 2.45) is 20.5 Å². The molecule has 5 N–H and O–H groups in total. The van der Waals surface area contributed by atoms with Crippen LogP contribution >= 0.6 is 23.2 Å². The van der Waals surface area contributed by atoms with Gasteiger partial charge in [0, 0.05) is 22.1 Å². The average Bonchev–Trinajstić information content (AvgIpc) is 3.11. The Kier molecular flexibility index (Phi) is 14.1. The Morgan fingerprint density at radius 3 is 1.11 bits per heavy atom. The number of phenolic OH excluding ortho intramolecular Hbond substituents is 4. The van der Waals surface area contributed by atoms with Crippen LogP contribution in [0, 0.1) is 0 Å². The SMILES string of the molecule is O=S(=O)([O-])c1cc(Cl)c(O)c(N=Nc2c(S(=O)(=O)[O-])cc3cc(Nc4ccc5c(O)c(N=Nc6cc(S(=O)(=O)[O-])cc(Cl)c6O)c(S(=O)(=O)[O-])cc5c4)ccc3c2O)c1.[Cu+2].[Cu+2]. The topological polar surface area (TPSA) is 371 Å². The Hall–Kier alpha value is -4.70. The fourth-order valence-corrected chi connectivity index (χ4v) is 8.26. The summed E-state index contributed by atoms with van der Waals surface area (Å²) in [7, 11) is -21.1. The smallest absolute Gasteiger partial charge is 0.744 e. The third-order valence-corrected chi connectivity index (χ3v) is 12.0. The first-order valence-electron chi connectivity index (χ1n) is 15.3. The van der Waals surface area contributed by atoms with Crippen LogP contribution in [0.4, 0.5) is 34.1 Å². The number of aromatic hydroxyl groups is 4. The monoisotopic (exact) mass is 1050 g/mol. The van der Waals surface area contributed by atoms with Crippen LogP contribution in [0.3, 0.4) is 0 Å². The van der Waals surface area contributed by atoms with Crippen LogP contribution in [-0.2, 0) is 74.6 Å². The number of hydrogen-bond donors (Lipinski definition) is 5. The molecule has 21 nitrogen and oxygen atoms in total. The summed E-state index contributed by atoms with van der Waals surface area (Å²) in [6.07, 6.45) is 0. The zero-order valence-corrected chi connectivity index (χ0v) is 35.6. The fraction of sp³-hybridized carbons (Fsp3) is 0. The van der Waals surface area contributed by atoms with E-state index in [4.69, 9.17) is 23.2 Å². The molecule has 326 valence electrons. The van der Waals surface area contributed by atoms with Crippen LogP contribution in [0.25, 0.3) is 21.5 Å². The molecule has 0 bridgehead atoms. The molecule has 0 fully saturated rings. The predicted octanol–water partition coefficient (Wildman–Crippen LogP) is 6.31. The number of anilines is 2. The molecule has 0 amide bonds. The molecule has 0 saturated heterocycles. The van der Waals surface area contributed by atoms with Gasteiger partial charge in [-0.05, 0) is 83.6 Å². The van der Waals surface area contributed by atoms with Crippen LogP contribution < -0.4 is 5.32 Å². The number of hydrogen-bond acceptors (Lipinski definition) is 21. The van der Waals surface area contributed by atoms with Gasteiger partial charge < -0.3 is 44.0 Å². The summed E-state index contributed by atoms with van der Waals surface area (Å²) in [6, 6.07) is 11.7. The minimum absolute atomic E-state index is 0. The quantitative estimate of drug-likeness (QED) is 0.0570. The number of phenols is 4. The normalized spacial score (nSPS) is 12.5. The standard InChI is InChI=1S/C32H21Cl2N5O16S4.2Cu/c33-21-9-17(56(44,45)46)11-23(31(21)42)36-38-27-25(58(50,51)52)7-13-5-15(1-3-19(13)29(27)40)35-16-2-4-20-14(6-16)8-26(59(53,54)55)28(30(20)41)39-37-24-12-18(57(47,48)49)10-22(34)32(24)43;;/h1-12,35,40-43H,(H,44,45,46)(H,47,48,49)(H,50,51,52)(H,53,54,55);;/q;2*+2/p-4. The number of fused-ring (bicyclic) bond motifs is 2. The third-order valence-electron chi connectivity index (χ3n) is 8.06. The van der Waals surface area contributed by atoms with E-state index in [-0.39, 0.29) is 67.1 Å². The van der Waals surface area contributed by atoms with Gasteiger partial charge in [0.15, 0.2) is 23.0 Å². The number of nitrogens with one attached hydrogen (secondary N) is 1. The Morgan fingerprint density at radius 1 is 0.459 bits per heavy atom. The summed E-state index contributed by atoms with van der Waals surface area (Å²) in [4.78, 5) is -4.11. The van der Waals surface area contributed by atoms with Gasteiger partial charge in [0.05, 0.1) is 29.6 Å². The molecule has 0 aromatic heterocycles. The van der Waals surface area contributed by atoms with Crippen molar-refractivity contribution < 1.29 is 106 Å². The second-order valence-electron chi connectivity index (χ2n) is 11.9. The van der Waals surface area contributed by atoms with E-state index in [2.05, 4.69) is 25.8 Å². The van der Waals surface area contributed by atoms with Gasteiger partial charge in [-0.2, -0.15) is 0 Å². The van der Waals surface area contributed by atoms with Gasteiger partial charge in [0.25, 0.3) is 0 Å². The number of benzene rings is 6. The van der Waals surface area contributed by atoms with Crippen molar-refractivity contribution in [3.05, 3.63) is 82.8 Å². The Morgan fingerprint density at radius 2 is 0.803 bits per heavy atom. The number of azo groups is 2. The van der Waals surface area contributed by atoms with Crippen LogP contribution in [0.2, 0.25) is 10.0 Å². The van der Waals surface area contributed by atoms with E-state index in [1.54, 1.807) is 0 Å². The minimum atomic E-state index is -5.44. The van der Waals surface area contributed by atoms with E-state index in [1.807, 2.05) is 0 Å². The third kappa shape index (κ3) is 10.3. The van der Waals surface area contributed by atoms with Gasteiger partial charge in [-0.25, -0.2) is 33.7 Å². The maximum Gasteiger partial charge on any atom is 2.00 e. The van der Waals surface area contributed by atoms with Gasteiger partial charge in [0.2, 0.25) is 0 Å². The summed E-state index contributed by atoms with van der Waals surface area (Å²) in [6.45, 7) is 0. The van der Waals surface area contributed by atoms with E-state index in [0.717, 1.165) is 12.1 Å². The first kappa shape index (κ1) is 49.0. The van der Waals surface area contributed by atoms with E-state index in [1.165, 1.54) is 36.4 Å². The predicted molar refractivity (Wildman–Crippen MR) is 201 cm³/mol. The van der Waals surface area contributed by atoms with Gasteiger partial charge in [-0.3, -0.25) is 0 Å². The molecule has 0 aliphatic carbocycles. The summed E-state index contributed by atoms with van der Waals surface area (Å²) >= 11 is 11.5. The van der Waals surface area contributed by atoms with E-state index >= 15 is 0 Å². The molecule has 0 heterocycles. The molecule has 0 unspecified atom stereocenters. The van der Waals surface area contributed by atoms with Crippen molar-refractivity contribution in [3.63, 3.8) is 0 Å². The van der Waals surface area contributed by atoms with Crippen molar-refractivity contribution in [3.8, 4) is 23.0 Å². The largest absolute Gasteiger partial charge is 2.00 e. The molecule has 6 aromatic rings. The van der Waals surface area contributed by atoms with E-state index in [9.17, 15) is 72.3 Å². The van der Waals surface area contributed by atoms with Gasteiger partial charge >= 0.3 is 34.1 Å². The molecule has 61 heavy (non-hydrogen) atoms. The number of nitrogens with zero attached hydrogens (tertiary/aromatic N) is 4. The summed E-state index contributed by atoms with van der Waals surface area (Å²) < 4.78 is 143.